The fraction of sp³-hybridized carbons (Fsp3) is 0.0690. The van der Waals surface area contributed by atoms with Crippen LogP contribution < -0.4 is 9.47 Å². The van der Waals surface area contributed by atoms with Crippen LogP contribution in [0.15, 0.2) is 170 Å². The molecule has 0 radical (unpaired) electrons. The minimum Gasteiger partial charge on any atom is -0.494 e. The van der Waals surface area contributed by atoms with Crippen LogP contribution in [0.5, 0.6) is 11.5 Å². The second-order valence-electron chi connectivity index (χ2n) is 16.3. The van der Waals surface area contributed by atoms with Gasteiger partial charge in [0.15, 0.2) is 0 Å². The van der Waals surface area contributed by atoms with E-state index in [1.807, 2.05) is 13.8 Å². The molecule has 0 unspecified atom stereocenters. The van der Waals surface area contributed by atoms with Gasteiger partial charge in [-0.3, -0.25) is 0 Å². The predicted octanol–water partition coefficient (Wildman–Crippen LogP) is 16.0. The maximum atomic E-state index is 6.12. The molecule has 0 bridgehead atoms. The van der Waals surface area contributed by atoms with Gasteiger partial charge in [0, 0.05) is 0 Å². The fourth-order valence-corrected chi connectivity index (χ4v) is 10.7. The first-order valence-corrected chi connectivity index (χ1v) is 21.1. The van der Waals surface area contributed by atoms with E-state index < -0.39 is 0 Å². The first-order chi connectivity index (χ1) is 29.6. The summed E-state index contributed by atoms with van der Waals surface area (Å²) in [5.74, 6) is 1.76. The van der Waals surface area contributed by atoms with E-state index in [4.69, 9.17) is 9.47 Å². The third-order valence-electron chi connectivity index (χ3n) is 13.2. The van der Waals surface area contributed by atoms with Crippen molar-refractivity contribution in [3.8, 4) is 78.3 Å². The van der Waals surface area contributed by atoms with Crippen molar-refractivity contribution >= 4 is 64.6 Å². The molecule has 0 saturated carbocycles. The summed E-state index contributed by atoms with van der Waals surface area (Å²) in [5.41, 5.74) is 15.1. The largest absolute Gasteiger partial charge is 0.494 e. The lowest BCUT2D eigenvalue weighted by molar-refractivity contribution is 0.340. The summed E-state index contributed by atoms with van der Waals surface area (Å²) in [4.78, 5) is 0. The molecule has 0 heterocycles. The molecule has 0 spiro atoms. The molecule has 0 N–H and O–H groups in total. The maximum absolute atomic E-state index is 6.12. The molecule has 0 aromatic heterocycles. The van der Waals surface area contributed by atoms with Gasteiger partial charge in [0.1, 0.15) is 11.5 Å². The summed E-state index contributed by atoms with van der Waals surface area (Å²) in [6.45, 7) is 5.33. The van der Waals surface area contributed by atoms with E-state index in [1.54, 1.807) is 0 Å². The molecule has 0 aliphatic heterocycles. The predicted molar refractivity (Wildman–Crippen MR) is 254 cm³/mol. The van der Waals surface area contributed by atoms with Gasteiger partial charge in [0.05, 0.1) is 13.2 Å². The van der Waals surface area contributed by atoms with Crippen molar-refractivity contribution in [3.05, 3.63) is 170 Å². The Labute approximate surface area is 347 Å². The zero-order valence-corrected chi connectivity index (χ0v) is 33.4. The van der Waals surface area contributed by atoms with Crippen molar-refractivity contribution in [2.24, 2.45) is 0 Å². The quantitative estimate of drug-likeness (QED) is 0.157. The fourth-order valence-electron chi connectivity index (χ4n) is 10.7. The van der Waals surface area contributed by atoms with Crippen LogP contribution in [0.25, 0.3) is 131 Å². The summed E-state index contributed by atoms with van der Waals surface area (Å²) in [7, 11) is 0. The van der Waals surface area contributed by atoms with Gasteiger partial charge in [-0.15, -0.1) is 0 Å². The normalized spacial score (nSPS) is 12.3. The standard InChI is InChI=1S/C58H38O2/c1-3-59-37-17-7-15-34(24-37)44-27-52-51(53-30-47-42-21-10-14-33-13-9-20-41(57(33)42)46(47)29-49(44)53)28-45(35-16-8-18-38(25-35)60-4-2)50-32-55-48(31-54(50)52)43-23-11-22-40-39-19-6-5-12-36(39)26-56(55)58(40)43/h5-32H,3-4H2,1-2H3. The number of fused-ring (bicyclic) bond motifs is 13. The van der Waals surface area contributed by atoms with Gasteiger partial charge >= 0.3 is 0 Å². The van der Waals surface area contributed by atoms with Gasteiger partial charge in [0.2, 0.25) is 0 Å². The molecule has 60 heavy (non-hydrogen) atoms. The van der Waals surface area contributed by atoms with Crippen molar-refractivity contribution in [1.29, 1.82) is 0 Å². The van der Waals surface area contributed by atoms with Gasteiger partial charge in [-0.05, 0) is 212 Å². The molecule has 11 aromatic rings. The lowest BCUT2D eigenvalue weighted by atomic mass is 9.84. The Kier molecular flexibility index (Phi) is 7.01. The SMILES string of the molecule is CCOc1cccc(-c2cc3c4cc5c(cc4c(-c4cccc(OCC)c4)cc3c3cc4c(cc23)-c2cccc3cccc-4c23)-c2cc3ccccc3c3cccc-5c23)c1. The average Bonchev–Trinajstić information content (AvgIpc) is 3.77. The molecule has 2 nitrogen and oxygen atoms in total. The highest BCUT2D eigenvalue weighted by atomic mass is 16.5. The minimum atomic E-state index is 0.615. The highest BCUT2D eigenvalue weighted by molar-refractivity contribution is 6.30. The molecule has 0 atom stereocenters. The van der Waals surface area contributed by atoms with Crippen LogP contribution in [0.3, 0.4) is 0 Å². The highest BCUT2D eigenvalue weighted by Gasteiger charge is 2.27. The van der Waals surface area contributed by atoms with E-state index >= 15 is 0 Å². The summed E-state index contributed by atoms with van der Waals surface area (Å²) in [6, 6.07) is 63.7. The van der Waals surface area contributed by atoms with Gasteiger partial charge in [-0.2, -0.15) is 0 Å². The minimum absolute atomic E-state index is 0.615. The van der Waals surface area contributed by atoms with Crippen molar-refractivity contribution < 1.29 is 9.47 Å². The van der Waals surface area contributed by atoms with Crippen LogP contribution in [0.2, 0.25) is 0 Å². The van der Waals surface area contributed by atoms with Crippen LogP contribution in [-0.2, 0) is 0 Å². The zero-order valence-electron chi connectivity index (χ0n) is 33.4. The summed E-state index contributed by atoms with van der Waals surface area (Å²) < 4.78 is 12.2. The summed E-state index contributed by atoms with van der Waals surface area (Å²) in [5, 5.41) is 15.3. The van der Waals surface area contributed by atoms with Gasteiger partial charge in [0.25, 0.3) is 0 Å². The Morgan fingerprint density at radius 2 is 0.717 bits per heavy atom. The highest BCUT2D eigenvalue weighted by Crippen LogP contribution is 2.55. The molecular weight excluding hydrogens is 729 g/mol. The number of ether oxygens (including phenoxy) is 2. The lowest BCUT2D eigenvalue weighted by Gasteiger charge is -2.19. The Hall–Kier alpha value is -7.42. The molecular formula is C58H38O2. The number of hydrogen-bond acceptors (Lipinski definition) is 2. The van der Waals surface area contributed by atoms with Crippen molar-refractivity contribution in [3.63, 3.8) is 0 Å². The van der Waals surface area contributed by atoms with E-state index in [1.165, 1.54) is 120 Å². The van der Waals surface area contributed by atoms with E-state index in [0.29, 0.717) is 13.2 Å². The molecule has 0 fully saturated rings. The number of benzene rings is 11. The van der Waals surface area contributed by atoms with Crippen molar-refractivity contribution in [2.45, 2.75) is 13.8 Å². The smallest absolute Gasteiger partial charge is 0.119 e. The number of hydrogen-bond donors (Lipinski definition) is 0. The van der Waals surface area contributed by atoms with Crippen LogP contribution in [0, 0.1) is 0 Å². The van der Waals surface area contributed by atoms with E-state index in [2.05, 4.69) is 170 Å². The third kappa shape index (κ3) is 4.65. The topological polar surface area (TPSA) is 18.5 Å². The number of rotatable bonds is 6. The molecule has 0 amide bonds. The summed E-state index contributed by atoms with van der Waals surface area (Å²) >= 11 is 0. The molecule has 13 rings (SSSR count). The zero-order chi connectivity index (χ0) is 39.6. The van der Waals surface area contributed by atoms with Gasteiger partial charge in [-0.1, -0.05) is 103 Å². The molecule has 2 aliphatic rings. The van der Waals surface area contributed by atoms with Crippen LogP contribution in [0.4, 0.5) is 0 Å². The Morgan fingerprint density at radius 1 is 0.283 bits per heavy atom. The Balaban J connectivity index is 1.20. The van der Waals surface area contributed by atoms with Crippen LogP contribution in [0.1, 0.15) is 13.8 Å². The first-order valence-electron chi connectivity index (χ1n) is 21.1. The average molecular weight is 767 g/mol. The van der Waals surface area contributed by atoms with Crippen LogP contribution >= 0.6 is 0 Å². The molecule has 0 saturated heterocycles. The van der Waals surface area contributed by atoms with Crippen LogP contribution in [-0.4, -0.2) is 13.2 Å². The van der Waals surface area contributed by atoms with Crippen molar-refractivity contribution in [1.82, 2.24) is 0 Å². The van der Waals surface area contributed by atoms with E-state index in [-0.39, 0.29) is 0 Å². The third-order valence-corrected chi connectivity index (χ3v) is 13.2. The van der Waals surface area contributed by atoms with E-state index in [0.717, 1.165) is 22.6 Å². The Morgan fingerprint density at radius 3 is 1.30 bits per heavy atom. The van der Waals surface area contributed by atoms with Gasteiger partial charge in [-0.25, -0.2) is 0 Å². The van der Waals surface area contributed by atoms with E-state index in [9.17, 15) is 0 Å². The molecule has 282 valence electrons. The first kappa shape index (κ1) is 33.5. The molecule has 11 aromatic carbocycles. The monoisotopic (exact) mass is 766 g/mol. The maximum Gasteiger partial charge on any atom is 0.119 e. The summed E-state index contributed by atoms with van der Waals surface area (Å²) in [6.07, 6.45) is 0. The van der Waals surface area contributed by atoms with Gasteiger partial charge < -0.3 is 9.47 Å². The van der Waals surface area contributed by atoms with Crippen molar-refractivity contribution in [2.75, 3.05) is 13.2 Å². The molecule has 2 heteroatoms. The Bertz CT molecular complexity index is 3680. The lowest BCUT2D eigenvalue weighted by Crippen LogP contribution is -1.94. The molecule has 2 aliphatic carbocycles. The second-order valence-corrected chi connectivity index (χ2v) is 16.3. The second kappa shape index (κ2) is 12.5.